The number of halogens is 2. The third-order valence-corrected chi connectivity index (χ3v) is 3.84. The van der Waals surface area contributed by atoms with Gasteiger partial charge in [0, 0.05) is 29.7 Å². The highest BCUT2D eigenvalue weighted by molar-refractivity contribution is 6.35. The molecule has 1 aliphatic heterocycles. The van der Waals surface area contributed by atoms with Gasteiger partial charge in [-0.3, -0.25) is 9.69 Å². The first-order chi connectivity index (χ1) is 9.58. The van der Waals surface area contributed by atoms with Gasteiger partial charge in [-0.1, -0.05) is 29.3 Å². The summed E-state index contributed by atoms with van der Waals surface area (Å²) in [5.74, 6) is -0.249. The smallest absolute Gasteiger partial charge is 0.308 e. The van der Waals surface area contributed by atoms with Gasteiger partial charge in [-0.2, -0.15) is 0 Å². The molecule has 0 aromatic heterocycles. The summed E-state index contributed by atoms with van der Waals surface area (Å²) in [7, 11) is 1.39. The van der Waals surface area contributed by atoms with E-state index in [1.807, 2.05) is 12.1 Å². The van der Waals surface area contributed by atoms with E-state index in [0.717, 1.165) is 18.7 Å². The molecule has 0 saturated carbocycles. The lowest BCUT2D eigenvalue weighted by Crippen LogP contribution is -2.42. The van der Waals surface area contributed by atoms with Crippen molar-refractivity contribution in [3.63, 3.8) is 0 Å². The van der Waals surface area contributed by atoms with Gasteiger partial charge >= 0.3 is 5.97 Å². The first-order valence-electron chi connectivity index (χ1n) is 6.43. The summed E-state index contributed by atoms with van der Waals surface area (Å²) in [4.78, 5) is 13.5. The van der Waals surface area contributed by atoms with E-state index in [1.54, 1.807) is 6.07 Å². The zero-order valence-corrected chi connectivity index (χ0v) is 12.8. The molecule has 1 aromatic rings. The number of benzene rings is 1. The van der Waals surface area contributed by atoms with E-state index in [9.17, 15) is 4.79 Å². The van der Waals surface area contributed by atoms with Crippen molar-refractivity contribution in [2.24, 2.45) is 0 Å². The maximum absolute atomic E-state index is 11.3. The molecule has 0 radical (unpaired) electrons. The lowest BCUT2D eigenvalue weighted by atomic mass is 10.1. The van der Waals surface area contributed by atoms with Crippen molar-refractivity contribution in [2.75, 3.05) is 26.8 Å². The summed E-state index contributed by atoms with van der Waals surface area (Å²) in [6.45, 7) is 2.83. The van der Waals surface area contributed by atoms with E-state index in [4.69, 9.17) is 27.9 Å². The zero-order valence-electron chi connectivity index (χ0n) is 11.3. The maximum atomic E-state index is 11.3. The molecule has 0 spiro atoms. The summed E-state index contributed by atoms with van der Waals surface area (Å²) in [5.41, 5.74) is 1.02. The van der Waals surface area contributed by atoms with E-state index in [-0.39, 0.29) is 18.5 Å². The average Bonchev–Trinajstić information content (AvgIpc) is 2.42. The number of carbonyl (C=O) groups excluding carboxylic acids is 1. The minimum Gasteiger partial charge on any atom is -0.469 e. The van der Waals surface area contributed by atoms with Gasteiger partial charge in [0.2, 0.25) is 0 Å². The van der Waals surface area contributed by atoms with Gasteiger partial charge in [-0.05, 0) is 17.7 Å². The Balaban J connectivity index is 1.94. The van der Waals surface area contributed by atoms with Crippen LogP contribution in [-0.2, 0) is 20.8 Å². The number of methoxy groups -OCH3 is 1. The highest BCUT2D eigenvalue weighted by Gasteiger charge is 2.23. The maximum Gasteiger partial charge on any atom is 0.308 e. The van der Waals surface area contributed by atoms with E-state index in [1.165, 1.54) is 7.11 Å². The van der Waals surface area contributed by atoms with Crippen LogP contribution >= 0.6 is 23.2 Å². The molecule has 2 rings (SSSR count). The summed E-state index contributed by atoms with van der Waals surface area (Å²) in [5, 5.41) is 1.29. The summed E-state index contributed by atoms with van der Waals surface area (Å²) < 4.78 is 10.2. The van der Waals surface area contributed by atoms with Crippen LogP contribution in [0.15, 0.2) is 18.2 Å². The predicted octanol–water partition coefficient (Wildman–Crippen LogP) is 2.76. The van der Waals surface area contributed by atoms with E-state index < -0.39 is 0 Å². The van der Waals surface area contributed by atoms with Gasteiger partial charge in [0.15, 0.2) is 0 Å². The third-order valence-electron chi connectivity index (χ3n) is 3.25. The largest absolute Gasteiger partial charge is 0.469 e. The molecule has 110 valence electrons. The van der Waals surface area contributed by atoms with Crippen molar-refractivity contribution in [1.29, 1.82) is 0 Å². The van der Waals surface area contributed by atoms with Crippen molar-refractivity contribution in [2.45, 2.75) is 19.1 Å². The van der Waals surface area contributed by atoms with Crippen molar-refractivity contribution in [3.05, 3.63) is 33.8 Å². The second-order valence-corrected chi connectivity index (χ2v) is 5.59. The predicted molar refractivity (Wildman–Crippen MR) is 78.1 cm³/mol. The third kappa shape index (κ3) is 4.35. The molecule has 1 unspecified atom stereocenters. The summed E-state index contributed by atoms with van der Waals surface area (Å²) in [6.07, 6.45) is 0.156. The van der Waals surface area contributed by atoms with E-state index in [0.29, 0.717) is 23.2 Å². The molecule has 0 N–H and O–H groups in total. The van der Waals surface area contributed by atoms with Crippen LogP contribution in [0.25, 0.3) is 0 Å². The Kier molecular flexibility index (Phi) is 5.66. The van der Waals surface area contributed by atoms with Gasteiger partial charge in [0.1, 0.15) is 0 Å². The van der Waals surface area contributed by atoms with Crippen LogP contribution in [0, 0.1) is 0 Å². The fourth-order valence-corrected chi connectivity index (χ4v) is 2.68. The Hall–Kier alpha value is -0.810. The van der Waals surface area contributed by atoms with Gasteiger partial charge in [0.25, 0.3) is 0 Å². The highest BCUT2D eigenvalue weighted by atomic mass is 35.5. The van der Waals surface area contributed by atoms with Crippen LogP contribution in [0.1, 0.15) is 12.0 Å². The molecule has 1 aliphatic rings. The molecule has 1 atom stereocenters. The quantitative estimate of drug-likeness (QED) is 0.800. The minimum absolute atomic E-state index is 0.123. The Morgan fingerprint density at radius 1 is 1.50 bits per heavy atom. The lowest BCUT2D eigenvalue weighted by molar-refractivity contribution is -0.145. The van der Waals surface area contributed by atoms with E-state index in [2.05, 4.69) is 9.64 Å². The highest BCUT2D eigenvalue weighted by Crippen LogP contribution is 2.23. The average molecular weight is 318 g/mol. The number of rotatable bonds is 4. The fraction of sp³-hybridized carbons (Fsp3) is 0.500. The second kappa shape index (κ2) is 7.27. The first-order valence-corrected chi connectivity index (χ1v) is 7.19. The molecule has 0 amide bonds. The minimum atomic E-state index is -0.249. The van der Waals surface area contributed by atoms with Crippen LogP contribution < -0.4 is 0 Å². The summed E-state index contributed by atoms with van der Waals surface area (Å²) in [6, 6.07) is 5.50. The second-order valence-electron chi connectivity index (χ2n) is 4.74. The van der Waals surface area contributed by atoms with Crippen molar-refractivity contribution in [1.82, 2.24) is 4.90 Å². The van der Waals surface area contributed by atoms with Crippen LogP contribution in [0.3, 0.4) is 0 Å². The van der Waals surface area contributed by atoms with Gasteiger partial charge < -0.3 is 9.47 Å². The molecule has 6 heteroatoms. The van der Waals surface area contributed by atoms with E-state index >= 15 is 0 Å². The van der Waals surface area contributed by atoms with Crippen molar-refractivity contribution >= 4 is 29.2 Å². The topological polar surface area (TPSA) is 38.8 Å². The lowest BCUT2D eigenvalue weighted by Gasteiger charge is -2.32. The van der Waals surface area contributed by atoms with Crippen LogP contribution in [0.5, 0.6) is 0 Å². The molecule has 1 fully saturated rings. The molecule has 0 aliphatic carbocycles. The molecular formula is C14H17Cl2NO3. The standard InChI is InChI=1S/C14H17Cl2NO3/c1-19-14(18)7-12-9-17(4-5-20-12)8-10-2-3-11(15)6-13(10)16/h2-3,6,12H,4-5,7-9H2,1H3. The van der Waals surface area contributed by atoms with Crippen molar-refractivity contribution < 1.29 is 14.3 Å². The molecule has 1 saturated heterocycles. The summed E-state index contributed by atoms with van der Waals surface area (Å²) >= 11 is 12.1. The fourth-order valence-electron chi connectivity index (χ4n) is 2.21. The SMILES string of the molecule is COC(=O)CC1CN(Cc2ccc(Cl)cc2Cl)CCO1. The van der Waals surface area contributed by atoms with Gasteiger partial charge in [-0.25, -0.2) is 0 Å². The number of ether oxygens (including phenoxy) is 2. The Morgan fingerprint density at radius 2 is 2.30 bits per heavy atom. The molecule has 0 bridgehead atoms. The monoisotopic (exact) mass is 317 g/mol. The normalized spacial score (nSPS) is 19.9. The molecule has 4 nitrogen and oxygen atoms in total. The van der Waals surface area contributed by atoms with Crippen LogP contribution in [-0.4, -0.2) is 43.8 Å². The molecule has 1 heterocycles. The van der Waals surface area contributed by atoms with Crippen molar-refractivity contribution in [3.8, 4) is 0 Å². The first kappa shape index (κ1) is 15.6. The number of morpholine rings is 1. The van der Waals surface area contributed by atoms with Crippen LogP contribution in [0.2, 0.25) is 10.0 Å². The Morgan fingerprint density at radius 3 is 3.00 bits per heavy atom. The van der Waals surface area contributed by atoms with Crippen LogP contribution in [0.4, 0.5) is 0 Å². The Bertz CT molecular complexity index is 481. The number of esters is 1. The molecule has 20 heavy (non-hydrogen) atoms. The zero-order chi connectivity index (χ0) is 14.5. The van der Waals surface area contributed by atoms with Gasteiger partial charge in [0.05, 0.1) is 26.2 Å². The molecule has 1 aromatic carbocycles. The number of carbonyl (C=O) groups is 1. The number of hydrogen-bond donors (Lipinski definition) is 0. The number of hydrogen-bond acceptors (Lipinski definition) is 4. The Labute approximate surface area is 128 Å². The number of nitrogens with zero attached hydrogens (tertiary/aromatic N) is 1. The molecular weight excluding hydrogens is 301 g/mol. The van der Waals surface area contributed by atoms with Gasteiger partial charge in [-0.15, -0.1) is 0 Å².